The molecule has 0 fully saturated rings. The van der Waals surface area contributed by atoms with Crippen molar-refractivity contribution >= 4 is 17.4 Å². The molecular formula is C11H17ClN2O. The fourth-order valence-electron chi connectivity index (χ4n) is 1.58. The Balaban J connectivity index is 2.54. The number of nitrogens with zero attached hydrogens (tertiary/aromatic N) is 2. The molecule has 15 heavy (non-hydrogen) atoms. The highest BCUT2D eigenvalue weighted by Gasteiger charge is 2.10. The van der Waals surface area contributed by atoms with Crippen molar-refractivity contribution in [2.75, 3.05) is 0 Å². The van der Waals surface area contributed by atoms with Gasteiger partial charge < -0.3 is 0 Å². The molecule has 84 valence electrons. The maximum Gasteiger partial charge on any atom is 0.132 e. The van der Waals surface area contributed by atoms with E-state index < -0.39 is 0 Å². The zero-order valence-electron chi connectivity index (χ0n) is 9.51. The van der Waals surface area contributed by atoms with Gasteiger partial charge >= 0.3 is 0 Å². The molecule has 0 aliphatic heterocycles. The zero-order chi connectivity index (χ0) is 11.4. The summed E-state index contributed by atoms with van der Waals surface area (Å²) in [7, 11) is 1.88. The van der Waals surface area contributed by atoms with E-state index in [0.29, 0.717) is 18.6 Å². The first-order valence-electron chi connectivity index (χ1n) is 5.26. The summed E-state index contributed by atoms with van der Waals surface area (Å²) in [4.78, 5) is 11.1. The minimum atomic E-state index is 0.310. The van der Waals surface area contributed by atoms with Crippen LogP contribution in [-0.2, 0) is 18.3 Å². The van der Waals surface area contributed by atoms with Gasteiger partial charge in [-0.1, -0.05) is 18.5 Å². The first kappa shape index (κ1) is 12.2. The van der Waals surface area contributed by atoms with Crippen molar-refractivity contribution in [1.29, 1.82) is 0 Å². The third-order valence-corrected chi connectivity index (χ3v) is 3.02. The number of carbonyl (C=O) groups excluding carboxylic acids is 1. The van der Waals surface area contributed by atoms with Crippen LogP contribution in [0.2, 0.25) is 5.02 Å². The van der Waals surface area contributed by atoms with E-state index in [0.717, 1.165) is 29.3 Å². The van der Waals surface area contributed by atoms with Crippen LogP contribution >= 0.6 is 11.6 Å². The van der Waals surface area contributed by atoms with Gasteiger partial charge in [-0.25, -0.2) is 0 Å². The van der Waals surface area contributed by atoms with Crippen molar-refractivity contribution in [1.82, 2.24) is 9.78 Å². The highest BCUT2D eigenvalue weighted by atomic mass is 35.5. The molecule has 0 aliphatic rings. The number of hydrogen-bond donors (Lipinski definition) is 0. The van der Waals surface area contributed by atoms with Crippen LogP contribution in [0.5, 0.6) is 0 Å². The largest absolute Gasteiger partial charge is 0.300 e. The lowest BCUT2D eigenvalue weighted by Gasteiger charge is -2.01. The van der Waals surface area contributed by atoms with Crippen molar-refractivity contribution < 1.29 is 4.79 Å². The summed E-state index contributed by atoms with van der Waals surface area (Å²) in [5.74, 6) is 0.310. The van der Waals surface area contributed by atoms with Crippen LogP contribution in [0.1, 0.15) is 37.6 Å². The maximum absolute atomic E-state index is 11.1. The van der Waals surface area contributed by atoms with Crippen LogP contribution in [0.4, 0.5) is 0 Å². The molecule has 0 amide bonds. The summed E-state index contributed by atoms with van der Waals surface area (Å²) in [5, 5.41) is 4.97. The molecule has 4 heteroatoms. The Morgan fingerprint density at radius 2 is 2.20 bits per heavy atom. The maximum atomic E-state index is 11.1. The van der Waals surface area contributed by atoms with E-state index in [1.54, 1.807) is 4.68 Å². The quantitative estimate of drug-likeness (QED) is 0.777. The second-order valence-corrected chi connectivity index (χ2v) is 4.09. The van der Waals surface area contributed by atoms with E-state index in [1.807, 2.05) is 20.9 Å². The van der Waals surface area contributed by atoms with Gasteiger partial charge in [0.05, 0.1) is 16.4 Å². The molecule has 1 heterocycles. The first-order valence-corrected chi connectivity index (χ1v) is 5.63. The molecule has 1 aromatic rings. The second-order valence-electron chi connectivity index (χ2n) is 3.72. The molecule has 0 N–H and O–H groups in total. The van der Waals surface area contributed by atoms with Gasteiger partial charge in [-0.15, -0.1) is 0 Å². The molecule has 1 aromatic heterocycles. The van der Waals surface area contributed by atoms with Gasteiger partial charge in [-0.05, 0) is 19.8 Å². The van der Waals surface area contributed by atoms with E-state index in [9.17, 15) is 4.79 Å². The summed E-state index contributed by atoms with van der Waals surface area (Å²) in [6.45, 7) is 3.78. The second kappa shape index (κ2) is 5.31. The molecule has 1 rings (SSSR count). The molecule has 0 saturated heterocycles. The van der Waals surface area contributed by atoms with Crippen LogP contribution in [-0.4, -0.2) is 15.6 Å². The lowest BCUT2D eigenvalue weighted by Crippen LogP contribution is -2.01. The van der Waals surface area contributed by atoms with Crippen molar-refractivity contribution in [3.8, 4) is 0 Å². The van der Waals surface area contributed by atoms with Gasteiger partial charge in [-0.2, -0.15) is 5.10 Å². The molecule has 0 saturated carbocycles. The number of aromatic nitrogens is 2. The summed E-state index contributed by atoms with van der Waals surface area (Å²) in [6, 6.07) is 0. The highest BCUT2D eigenvalue weighted by Crippen LogP contribution is 2.21. The Hall–Kier alpha value is -0.830. The fourth-order valence-corrected chi connectivity index (χ4v) is 1.84. The SMILES string of the molecule is CCC(=O)CCCc1c(Cl)c(C)nn1C. The molecule has 0 unspecified atom stereocenters. The van der Waals surface area contributed by atoms with Gasteiger partial charge in [0.1, 0.15) is 5.78 Å². The highest BCUT2D eigenvalue weighted by molar-refractivity contribution is 6.31. The normalized spacial score (nSPS) is 10.7. The smallest absolute Gasteiger partial charge is 0.132 e. The van der Waals surface area contributed by atoms with Crippen molar-refractivity contribution in [2.24, 2.45) is 7.05 Å². The topological polar surface area (TPSA) is 34.9 Å². The van der Waals surface area contributed by atoms with Gasteiger partial charge in [-0.3, -0.25) is 9.48 Å². The van der Waals surface area contributed by atoms with Crippen molar-refractivity contribution in [3.63, 3.8) is 0 Å². The van der Waals surface area contributed by atoms with E-state index in [1.165, 1.54) is 0 Å². The van der Waals surface area contributed by atoms with Crippen LogP contribution < -0.4 is 0 Å². The predicted molar refractivity (Wildman–Crippen MR) is 61.2 cm³/mol. The minimum Gasteiger partial charge on any atom is -0.300 e. The van der Waals surface area contributed by atoms with Gasteiger partial charge in [0.25, 0.3) is 0 Å². The molecular weight excluding hydrogens is 212 g/mol. The monoisotopic (exact) mass is 228 g/mol. The number of carbonyl (C=O) groups is 1. The molecule has 0 spiro atoms. The van der Waals surface area contributed by atoms with Crippen LogP contribution in [0, 0.1) is 6.92 Å². The summed E-state index contributed by atoms with van der Waals surface area (Å²) in [5.41, 5.74) is 1.88. The lowest BCUT2D eigenvalue weighted by molar-refractivity contribution is -0.118. The Kier molecular flexibility index (Phi) is 4.33. The Labute approximate surface area is 95.4 Å². The van der Waals surface area contributed by atoms with Gasteiger partial charge in [0.2, 0.25) is 0 Å². The Morgan fingerprint density at radius 1 is 1.53 bits per heavy atom. The van der Waals surface area contributed by atoms with E-state index in [2.05, 4.69) is 5.10 Å². The van der Waals surface area contributed by atoms with E-state index in [-0.39, 0.29) is 0 Å². The molecule has 0 aliphatic carbocycles. The Morgan fingerprint density at radius 3 is 2.67 bits per heavy atom. The minimum absolute atomic E-state index is 0.310. The summed E-state index contributed by atoms with van der Waals surface area (Å²) >= 11 is 6.09. The number of ketones is 1. The van der Waals surface area contributed by atoms with E-state index in [4.69, 9.17) is 11.6 Å². The average Bonchev–Trinajstić information content (AvgIpc) is 2.44. The third kappa shape index (κ3) is 3.06. The number of rotatable bonds is 5. The van der Waals surface area contributed by atoms with Gasteiger partial charge in [0, 0.05) is 19.9 Å². The number of Topliss-reactive ketones (excluding diaryl/α,β-unsaturated/α-hetero) is 1. The number of halogens is 1. The van der Waals surface area contributed by atoms with Crippen molar-refractivity contribution in [2.45, 2.75) is 39.5 Å². The average molecular weight is 229 g/mol. The zero-order valence-corrected chi connectivity index (χ0v) is 10.3. The summed E-state index contributed by atoms with van der Waals surface area (Å²) < 4.78 is 1.80. The van der Waals surface area contributed by atoms with Crippen molar-refractivity contribution in [3.05, 3.63) is 16.4 Å². The first-order chi connectivity index (χ1) is 7.06. The molecule has 0 bridgehead atoms. The molecule has 0 atom stereocenters. The summed E-state index contributed by atoms with van der Waals surface area (Å²) in [6.07, 6.45) is 2.93. The van der Waals surface area contributed by atoms with Gasteiger partial charge in [0.15, 0.2) is 0 Å². The third-order valence-electron chi connectivity index (χ3n) is 2.53. The standard InChI is InChI=1S/C11H17ClN2O/c1-4-9(15)6-5-7-10-11(12)8(2)13-14(10)3/h4-7H2,1-3H3. The molecule has 0 radical (unpaired) electrons. The molecule has 0 aromatic carbocycles. The van der Waals surface area contributed by atoms with Crippen LogP contribution in [0.15, 0.2) is 0 Å². The van der Waals surface area contributed by atoms with Crippen LogP contribution in [0.25, 0.3) is 0 Å². The fraction of sp³-hybridized carbons (Fsp3) is 0.636. The van der Waals surface area contributed by atoms with Crippen LogP contribution in [0.3, 0.4) is 0 Å². The van der Waals surface area contributed by atoms with E-state index >= 15 is 0 Å². The lowest BCUT2D eigenvalue weighted by atomic mass is 10.1. The Bertz CT molecular complexity index is 358. The molecule has 3 nitrogen and oxygen atoms in total. The predicted octanol–water partition coefficient (Wildman–Crippen LogP) is 2.68. The number of aryl methyl sites for hydroxylation is 2. The number of hydrogen-bond acceptors (Lipinski definition) is 2.